The maximum Gasteiger partial charge on any atom is 0.410 e. The normalized spacial score (nSPS) is 18.5. The Hall–Kier alpha value is -3.76. The van der Waals surface area contributed by atoms with Crippen LogP contribution in [-0.4, -0.2) is 50.0 Å². The Morgan fingerprint density at radius 1 is 0.841 bits per heavy atom. The molecule has 1 N–H and O–H groups in total. The summed E-state index contributed by atoms with van der Waals surface area (Å²) in [5.41, 5.74) is 1.80. The van der Waals surface area contributed by atoms with E-state index in [2.05, 4.69) is 37.7 Å². The Balaban J connectivity index is 0.000000206. The fraction of sp³-hybridized carbons (Fsp3) is 0.485. The van der Waals surface area contributed by atoms with E-state index in [1.165, 1.54) is 18.4 Å². The fourth-order valence-electron chi connectivity index (χ4n) is 5.31. The van der Waals surface area contributed by atoms with Crippen LogP contribution in [0, 0.1) is 0 Å². The SMILES string of the molecule is CC(C)(C)OC(=O)N1CCCC[C@H]1c1noc(Cc2ccccc2)n1.Cl.c1ccc(Cc2nc([C@@H]3CCCCN3)no2)cc1. The molecule has 6 rings (SSSR count). The number of nitrogens with zero attached hydrogens (tertiary/aromatic N) is 5. The number of ether oxygens (including phenoxy) is 1. The molecule has 0 aliphatic carbocycles. The van der Waals surface area contributed by atoms with E-state index < -0.39 is 5.60 Å². The van der Waals surface area contributed by atoms with Gasteiger partial charge in [-0.2, -0.15) is 9.97 Å². The van der Waals surface area contributed by atoms with Crippen LogP contribution in [0.1, 0.15) is 106 Å². The number of carbonyl (C=O) groups excluding carboxylic acids is 1. The van der Waals surface area contributed by atoms with Crippen LogP contribution in [0.15, 0.2) is 69.7 Å². The topological polar surface area (TPSA) is 119 Å². The third-order valence-corrected chi connectivity index (χ3v) is 7.41. The van der Waals surface area contributed by atoms with Gasteiger partial charge >= 0.3 is 6.09 Å². The number of nitrogens with one attached hydrogen (secondary N) is 1. The second-order valence-electron chi connectivity index (χ2n) is 12.1. The molecule has 44 heavy (non-hydrogen) atoms. The molecule has 0 radical (unpaired) electrons. The van der Waals surface area contributed by atoms with Gasteiger partial charge in [0, 0.05) is 6.54 Å². The molecular weight excluding hydrogens is 580 g/mol. The van der Waals surface area contributed by atoms with E-state index in [9.17, 15) is 4.79 Å². The Bertz CT molecular complexity index is 1420. The van der Waals surface area contributed by atoms with Gasteiger partial charge in [0.05, 0.1) is 24.9 Å². The number of likely N-dealkylation sites (tertiary alicyclic amines) is 1. The number of hydrogen-bond donors (Lipinski definition) is 1. The summed E-state index contributed by atoms with van der Waals surface area (Å²) in [7, 11) is 0. The van der Waals surface area contributed by atoms with E-state index in [1.807, 2.05) is 69.3 Å². The Kier molecular flexibility index (Phi) is 11.9. The third kappa shape index (κ3) is 9.62. The standard InChI is InChI=1S/C19H25N3O3.C14H17N3O.ClH/c1-19(2,3)24-18(23)22-12-8-7-11-15(22)17-20-16(25-21-17)13-14-9-5-4-6-10-14;1-2-6-11(7-3-1)10-13-16-14(17-18-13)12-8-4-5-9-15-12;/h4-6,9-10,15H,7-8,11-13H2,1-3H3;1-3,6-7,12,15H,4-5,8-10H2;1H/t15-;12-;/m00./s1. The first-order valence-corrected chi connectivity index (χ1v) is 15.3. The summed E-state index contributed by atoms with van der Waals surface area (Å²) in [6.45, 7) is 7.32. The quantitative estimate of drug-likeness (QED) is 0.242. The molecule has 0 bridgehead atoms. The second-order valence-corrected chi connectivity index (χ2v) is 12.1. The third-order valence-electron chi connectivity index (χ3n) is 7.41. The molecule has 2 fully saturated rings. The van der Waals surface area contributed by atoms with Crippen molar-refractivity contribution < 1.29 is 18.6 Å². The van der Waals surface area contributed by atoms with E-state index >= 15 is 0 Å². The molecule has 2 aliphatic rings. The van der Waals surface area contributed by atoms with Crippen LogP contribution < -0.4 is 5.32 Å². The van der Waals surface area contributed by atoms with Gasteiger partial charge in [-0.1, -0.05) is 77.4 Å². The van der Waals surface area contributed by atoms with Gasteiger partial charge in [-0.3, -0.25) is 4.90 Å². The minimum Gasteiger partial charge on any atom is -0.444 e. The van der Waals surface area contributed by atoms with E-state index in [-0.39, 0.29) is 30.6 Å². The first-order valence-electron chi connectivity index (χ1n) is 15.3. The highest BCUT2D eigenvalue weighted by molar-refractivity contribution is 5.85. The number of halogens is 1. The lowest BCUT2D eigenvalue weighted by Crippen LogP contribution is -2.42. The van der Waals surface area contributed by atoms with Crippen LogP contribution in [0.5, 0.6) is 0 Å². The predicted molar refractivity (Wildman–Crippen MR) is 168 cm³/mol. The van der Waals surface area contributed by atoms with Crippen molar-refractivity contribution in [1.29, 1.82) is 0 Å². The number of piperidine rings is 2. The summed E-state index contributed by atoms with van der Waals surface area (Å²) in [5.74, 6) is 2.64. The van der Waals surface area contributed by atoms with Crippen LogP contribution in [0.3, 0.4) is 0 Å². The Morgan fingerprint density at radius 2 is 1.41 bits per heavy atom. The lowest BCUT2D eigenvalue weighted by atomic mass is 10.0. The van der Waals surface area contributed by atoms with E-state index in [1.54, 1.807) is 4.90 Å². The van der Waals surface area contributed by atoms with Crippen LogP contribution in [0.2, 0.25) is 0 Å². The fourth-order valence-corrected chi connectivity index (χ4v) is 5.31. The minimum atomic E-state index is -0.519. The highest BCUT2D eigenvalue weighted by Crippen LogP contribution is 2.31. The maximum atomic E-state index is 12.5. The molecule has 11 heteroatoms. The lowest BCUT2D eigenvalue weighted by Gasteiger charge is -2.35. The van der Waals surface area contributed by atoms with Gasteiger partial charge in [0.2, 0.25) is 11.8 Å². The summed E-state index contributed by atoms with van der Waals surface area (Å²) in [6.07, 6.45) is 7.38. The van der Waals surface area contributed by atoms with Gasteiger partial charge in [-0.25, -0.2) is 4.79 Å². The molecule has 2 saturated heterocycles. The van der Waals surface area contributed by atoms with Crippen molar-refractivity contribution in [3.8, 4) is 0 Å². The number of rotatable bonds is 6. The first kappa shape index (κ1) is 33.1. The van der Waals surface area contributed by atoms with E-state index in [0.29, 0.717) is 37.0 Å². The largest absolute Gasteiger partial charge is 0.444 e. The maximum absolute atomic E-state index is 12.5. The van der Waals surface area contributed by atoms with E-state index in [0.717, 1.165) is 43.6 Å². The molecule has 10 nitrogen and oxygen atoms in total. The predicted octanol–water partition coefficient (Wildman–Crippen LogP) is 7.02. The van der Waals surface area contributed by atoms with Crippen molar-refractivity contribution in [2.24, 2.45) is 0 Å². The van der Waals surface area contributed by atoms with Crippen molar-refractivity contribution in [1.82, 2.24) is 30.5 Å². The van der Waals surface area contributed by atoms with Crippen molar-refractivity contribution >= 4 is 18.5 Å². The highest BCUT2D eigenvalue weighted by Gasteiger charge is 2.34. The minimum absolute atomic E-state index is 0. The Labute approximate surface area is 265 Å². The number of benzene rings is 2. The zero-order valence-corrected chi connectivity index (χ0v) is 26.6. The number of carbonyl (C=O) groups is 1. The van der Waals surface area contributed by atoms with Crippen LogP contribution in [-0.2, 0) is 17.6 Å². The number of amides is 1. The number of hydrogen-bond acceptors (Lipinski definition) is 9. The average molecular weight is 623 g/mol. The van der Waals surface area contributed by atoms with Gasteiger partial charge in [0.15, 0.2) is 11.6 Å². The van der Waals surface area contributed by atoms with Crippen LogP contribution in [0.25, 0.3) is 0 Å². The van der Waals surface area contributed by atoms with E-state index in [4.69, 9.17) is 13.8 Å². The molecule has 4 heterocycles. The molecule has 1 amide bonds. The lowest BCUT2D eigenvalue weighted by molar-refractivity contribution is 0.00821. The molecule has 2 aromatic heterocycles. The van der Waals surface area contributed by atoms with Crippen molar-refractivity contribution in [2.75, 3.05) is 13.1 Å². The number of aromatic nitrogens is 4. The van der Waals surface area contributed by atoms with Crippen molar-refractivity contribution in [3.05, 3.63) is 95.2 Å². The summed E-state index contributed by atoms with van der Waals surface area (Å²) in [4.78, 5) is 23.3. The summed E-state index contributed by atoms with van der Waals surface area (Å²) >= 11 is 0. The molecule has 2 aromatic carbocycles. The van der Waals surface area contributed by atoms with Gasteiger partial charge < -0.3 is 19.1 Å². The molecular formula is C33H43ClN6O4. The summed E-state index contributed by atoms with van der Waals surface area (Å²) in [5, 5.41) is 11.6. The first-order chi connectivity index (χ1) is 20.8. The average Bonchev–Trinajstić information content (AvgIpc) is 3.68. The van der Waals surface area contributed by atoms with Crippen molar-refractivity contribution in [2.45, 2.75) is 89.8 Å². The van der Waals surface area contributed by atoms with Crippen molar-refractivity contribution in [3.63, 3.8) is 0 Å². The molecule has 2 atom stereocenters. The molecule has 4 aromatic rings. The molecule has 0 spiro atoms. The van der Waals surface area contributed by atoms with Crippen LogP contribution in [0.4, 0.5) is 4.79 Å². The highest BCUT2D eigenvalue weighted by atomic mass is 35.5. The molecule has 0 unspecified atom stereocenters. The molecule has 2 aliphatic heterocycles. The molecule has 236 valence electrons. The monoisotopic (exact) mass is 622 g/mol. The van der Waals surface area contributed by atoms with Gasteiger partial charge in [0.1, 0.15) is 5.60 Å². The summed E-state index contributed by atoms with van der Waals surface area (Å²) in [6, 6.07) is 20.3. The van der Waals surface area contributed by atoms with Crippen LogP contribution >= 0.6 is 12.4 Å². The Morgan fingerprint density at radius 3 is 1.98 bits per heavy atom. The zero-order chi connectivity index (χ0) is 30.1. The van der Waals surface area contributed by atoms with Gasteiger partial charge in [-0.15, -0.1) is 12.4 Å². The second kappa shape index (κ2) is 15.8. The smallest absolute Gasteiger partial charge is 0.410 e. The van der Waals surface area contributed by atoms with Gasteiger partial charge in [-0.05, 0) is 70.5 Å². The molecule has 0 saturated carbocycles. The zero-order valence-electron chi connectivity index (χ0n) is 25.8. The van der Waals surface area contributed by atoms with Gasteiger partial charge in [0.25, 0.3) is 0 Å². The summed E-state index contributed by atoms with van der Waals surface area (Å²) < 4.78 is 16.3.